The van der Waals surface area contributed by atoms with Crippen molar-refractivity contribution in [3.05, 3.63) is 11.6 Å². The van der Waals surface area contributed by atoms with Gasteiger partial charge in [-0.15, -0.1) is 6.42 Å². The third-order valence-electron chi connectivity index (χ3n) is 6.02. The first kappa shape index (κ1) is 20.3. The van der Waals surface area contributed by atoms with E-state index in [4.69, 9.17) is 25.4 Å². The van der Waals surface area contributed by atoms with Gasteiger partial charge in [-0.25, -0.2) is 0 Å². The van der Waals surface area contributed by atoms with Crippen molar-refractivity contribution in [1.29, 1.82) is 0 Å². The second-order valence-electron chi connectivity index (χ2n) is 8.21. The molecule has 1 saturated carbocycles. The molecule has 2 saturated heterocycles. The maximum absolute atomic E-state index is 12.2. The third-order valence-corrected chi connectivity index (χ3v) is 6.02. The van der Waals surface area contributed by atoms with Crippen molar-refractivity contribution in [2.75, 3.05) is 26.8 Å². The van der Waals surface area contributed by atoms with Crippen LogP contribution in [0.4, 0.5) is 0 Å². The van der Waals surface area contributed by atoms with E-state index in [-0.39, 0.29) is 47.9 Å². The van der Waals surface area contributed by atoms with Crippen LogP contribution < -0.4 is 5.32 Å². The fraction of sp³-hybridized carbons (Fsp3) is 0.762. The molecule has 2 heterocycles. The van der Waals surface area contributed by atoms with E-state index in [1.165, 1.54) is 5.57 Å². The normalized spacial score (nSPS) is 39.5. The maximum atomic E-state index is 12.2. The highest BCUT2D eigenvalue weighted by Crippen LogP contribution is 2.59. The maximum Gasteiger partial charge on any atom is 0.320 e. The lowest BCUT2D eigenvalue weighted by molar-refractivity contribution is -0.170. The fourth-order valence-corrected chi connectivity index (χ4v) is 4.52. The van der Waals surface area contributed by atoms with Crippen molar-refractivity contribution in [3.8, 4) is 12.3 Å². The summed E-state index contributed by atoms with van der Waals surface area (Å²) < 4.78 is 23.6. The Bertz CT molecular complexity index is 631. The summed E-state index contributed by atoms with van der Waals surface area (Å²) in [6, 6.07) is 0. The minimum absolute atomic E-state index is 0.0378. The average Bonchev–Trinajstić information content (AvgIpc) is 3.53. The van der Waals surface area contributed by atoms with E-state index in [1.54, 1.807) is 7.11 Å². The third kappa shape index (κ3) is 4.22. The highest BCUT2D eigenvalue weighted by atomic mass is 16.6. The predicted octanol–water partition coefficient (Wildman–Crippen LogP) is 1.83. The highest BCUT2D eigenvalue weighted by molar-refractivity contribution is 5.72. The smallest absolute Gasteiger partial charge is 0.320 e. The summed E-state index contributed by atoms with van der Waals surface area (Å²) >= 11 is 0. The van der Waals surface area contributed by atoms with E-state index in [0.29, 0.717) is 6.54 Å². The van der Waals surface area contributed by atoms with Crippen molar-refractivity contribution >= 4 is 5.97 Å². The first-order valence-corrected chi connectivity index (χ1v) is 9.68. The second kappa shape index (κ2) is 7.92. The van der Waals surface area contributed by atoms with Gasteiger partial charge in [-0.2, -0.15) is 0 Å². The lowest BCUT2D eigenvalue weighted by Crippen LogP contribution is -2.56. The Morgan fingerprint density at radius 1 is 1.44 bits per heavy atom. The molecule has 0 unspecified atom stereocenters. The van der Waals surface area contributed by atoms with E-state index in [1.807, 2.05) is 0 Å². The number of carbonyl (C=O) groups excluding carboxylic acids is 1. The summed E-state index contributed by atoms with van der Waals surface area (Å²) in [5, 5.41) is 2.87. The van der Waals surface area contributed by atoms with Crippen LogP contribution in [-0.4, -0.2) is 62.3 Å². The summed E-state index contributed by atoms with van der Waals surface area (Å²) in [6.07, 6.45) is 9.43. The quantitative estimate of drug-likeness (QED) is 0.229. The van der Waals surface area contributed by atoms with Gasteiger partial charge in [0.05, 0.1) is 31.7 Å². The van der Waals surface area contributed by atoms with Gasteiger partial charge in [-0.1, -0.05) is 17.6 Å². The molecule has 0 amide bonds. The Morgan fingerprint density at radius 3 is 2.78 bits per heavy atom. The Labute approximate surface area is 161 Å². The van der Waals surface area contributed by atoms with Crippen molar-refractivity contribution in [2.45, 2.75) is 69.5 Å². The molecule has 6 heteroatoms. The largest absolute Gasteiger partial charge is 0.459 e. The standard InChI is InChI=1S/C21H31NO5/c1-6-11-22-12-17(23)26-15-9-10-21(13-25-21)19(18(15)24-5)20(4)16(27-20)8-7-14(2)3/h1,7,15-16,18-19,22H,8-13H2,2-5H3/t15-,16-,18-,19-,20+,21+/m1/s1. The summed E-state index contributed by atoms with van der Waals surface area (Å²) in [5.41, 5.74) is 0.749. The van der Waals surface area contributed by atoms with E-state index in [2.05, 4.69) is 38.1 Å². The molecule has 3 aliphatic rings. The predicted molar refractivity (Wildman–Crippen MR) is 101 cm³/mol. The van der Waals surface area contributed by atoms with Crippen LogP contribution in [0.2, 0.25) is 0 Å². The first-order chi connectivity index (χ1) is 12.9. The number of carbonyl (C=O) groups is 1. The molecule has 0 radical (unpaired) electrons. The number of allylic oxidation sites excluding steroid dienone is 1. The van der Waals surface area contributed by atoms with E-state index >= 15 is 0 Å². The number of esters is 1. The number of epoxide rings is 2. The molecule has 27 heavy (non-hydrogen) atoms. The molecular weight excluding hydrogens is 346 g/mol. The molecule has 3 rings (SSSR count). The van der Waals surface area contributed by atoms with E-state index in [0.717, 1.165) is 25.9 Å². The summed E-state index contributed by atoms with van der Waals surface area (Å²) in [6.45, 7) is 7.47. The Morgan fingerprint density at radius 2 is 2.19 bits per heavy atom. The van der Waals surface area contributed by atoms with Gasteiger partial charge < -0.3 is 18.9 Å². The number of hydrogen-bond donors (Lipinski definition) is 1. The Balaban J connectivity index is 1.69. The van der Waals surface area contributed by atoms with Gasteiger partial charge in [0.1, 0.15) is 23.4 Å². The zero-order valence-corrected chi connectivity index (χ0v) is 16.7. The number of hydrogen-bond acceptors (Lipinski definition) is 6. The summed E-state index contributed by atoms with van der Waals surface area (Å²) in [7, 11) is 1.67. The topological polar surface area (TPSA) is 72.6 Å². The van der Waals surface area contributed by atoms with Gasteiger partial charge >= 0.3 is 5.97 Å². The molecule has 0 aromatic rings. The van der Waals surface area contributed by atoms with Gasteiger partial charge in [0.2, 0.25) is 0 Å². The van der Waals surface area contributed by atoms with Crippen LogP contribution in [0, 0.1) is 18.3 Å². The number of terminal acetylenes is 1. The minimum Gasteiger partial charge on any atom is -0.459 e. The lowest BCUT2D eigenvalue weighted by atomic mass is 9.68. The van der Waals surface area contributed by atoms with Crippen molar-refractivity contribution in [2.24, 2.45) is 5.92 Å². The molecule has 6 nitrogen and oxygen atoms in total. The molecule has 1 spiro atoms. The Kier molecular flexibility index (Phi) is 5.97. The highest BCUT2D eigenvalue weighted by Gasteiger charge is 2.72. The van der Waals surface area contributed by atoms with Gasteiger partial charge in [-0.05, 0) is 40.0 Å². The number of nitrogens with one attached hydrogen (secondary N) is 1. The van der Waals surface area contributed by atoms with Gasteiger partial charge in [-0.3, -0.25) is 10.1 Å². The zero-order valence-electron chi connectivity index (χ0n) is 16.7. The van der Waals surface area contributed by atoms with Crippen LogP contribution in [0.15, 0.2) is 11.6 Å². The second-order valence-corrected chi connectivity index (χ2v) is 8.21. The van der Waals surface area contributed by atoms with E-state index in [9.17, 15) is 4.79 Å². The summed E-state index contributed by atoms with van der Waals surface area (Å²) in [4.78, 5) is 12.2. The van der Waals surface area contributed by atoms with Crippen molar-refractivity contribution in [1.82, 2.24) is 5.32 Å². The molecule has 150 valence electrons. The van der Waals surface area contributed by atoms with Gasteiger partial charge in [0.15, 0.2) is 0 Å². The van der Waals surface area contributed by atoms with Crippen LogP contribution >= 0.6 is 0 Å². The molecule has 1 N–H and O–H groups in total. The number of methoxy groups -OCH3 is 1. The van der Waals surface area contributed by atoms with Gasteiger partial charge in [0.25, 0.3) is 0 Å². The van der Waals surface area contributed by atoms with Crippen molar-refractivity contribution in [3.63, 3.8) is 0 Å². The molecule has 2 aliphatic heterocycles. The summed E-state index contributed by atoms with van der Waals surface area (Å²) in [5.74, 6) is 2.17. The van der Waals surface area contributed by atoms with E-state index < -0.39 is 0 Å². The Hall–Kier alpha value is -1.39. The SMILES string of the molecule is C#CCNCC(=O)O[C@@H]1CC[C@]2(CO2)[C@@H]([C@@]2(C)O[C@@H]2CC=C(C)C)[C@@H]1OC. The molecule has 0 aromatic heterocycles. The first-order valence-electron chi connectivity index (χ1n) is 9.68. The molecule has 0 bridgehead atoms. The molecule has 6 atom stereocenters. The molecule has 3 fully saturated rings. The van der Waals surface area contributed by atoms with Crippen LogP contribution in [0.25, 0.3) is 0 Å². The molecule has 1 aliphatic carbocycles. The lowest BCUT2D eigenvalue weighted by Gasteiger charge is -2.42. The number of ether oxygens (including phenoxy) is 4. The van der Waals surface area contributed by atoms with Crippen LogP contribution in [0.3, 0.4) is 0 Å². The fourth-order valence-electron chi connectivity index (χ4n) is 4.52. The minimum atomic E-state index is -0.323. The zero-order chi connectivity index (χ0) is 19.7. The number of rotatable bonds is 8. The van der Waals surface area contributed by atoms with Crippen molar-refractivity contribution < 1.29 is 23.7 Å². The van der Waals surface area contributed by atoms with Gasteiger partial charge in [0, 0.05) is 7.11 Å². The molecule has 0 aromatic carbocycles. The van der Waals surface area contributed by atoms with Crippen LogP contribution in [0.1, 0.15) is 40.0 Å². The average molecular weight is 377 g/mol. The monoisotopic (exact) mass is 377 g/mol. The van der Waals surface area contributed by atoms with Crippen LogP contribution in [0.5, 0.6) is 0 Å². The molecular formula is C21H31NO5. The van der Waals surface area contributed by atoms with Crippen LogP contribution in [-0.2, 0) is 23.7 Å².